The first-order valence-corrected chi connectivity index (χ1v) is 10.0. The summed E-state index contributed by atoms with van der Waals surface area (Å²) in [7, 11) is 1.68. The maximum atomic E-state index is 12.3. The SMILES string of the molecule is COc1ccccc1CCNC(=O)CN1CCN(Cc2cccc(C)c2)CC1. The number of ether oxygens (including phenoxy) is 1. The zero-order chi connectivity index (χ0) is 19.8. The summed E-state index contributed by atoms with van der Waals surface area (Å²) < 4.78 is 5.36. The van der Waals surface area contributed by atoms with Crippen molar-refractivity contribution >= 4 is 5.91 Å². The second-order valence-corrected chi connectivity index (χ2v) is 7.45. The minimum Gasteiger partial charge on any atom is -0.496 e. The lowest BCUT2D eigenvalue weighted by Crippen LogP contribution is -2.49. The van der Waals surface area contributed by atoms with Crippen molar-refractivity contribution in [2.75, 3.05) is 46.4 Å². The third-order valence-electron chi connectivity index (χ3n) is 5.23. The lowest BCUT2D eigenvalue weighted by molar-refractivity contribution is -0.122. The zero-order valence-electron chi connectivity index (χ0n) is 17.0. The van der Waals surface area contributed by atoms with Crippen LogP contribution in [0.5, 0.6) is 5.75 Å². The standard InChI is InChI=1S/C23H31N3O2/c1-19-6-5-7-20(16-19)17-25-12-14-26(15-13-25)18-23(27)24-11-10-21-8-3-4-9-22(21)28-2/h3-9,16H,10-15,17-18H2,1-2H3,(H,24,27). The Hall–Kier alpha value is -2.37. The molecule has 5 nitrogen and oxygen atoms in total. The lowest BCUT2D eigenvalue weighted by Gasteiger charge is -2.34. The van der Waals surface area contributed by atoms with Gasteiger partial charge >= 0.3 is 0 Å². The van der Waals surface area contributed by atoms with Crippen molar-refractivity contribution in [3.05, 3.63) is 65.2 Å². The number of nitrogens with zero attached hydrogens (tertiary/aromatic N) is 2. The highest BCUT2D eigenvalue weighted by atomic mass is 16.5. The summed E-state index contributed by atoms with van der Waals surface area (Å²) in [6.45, 7) is 8.10. The van der Waals surface area contributed by atoms with Gasteiger partial charge in [0.15, 0.2) is 0 Å². The fourth-order valence-electron chi connectivity index (χ4n) is 3.68. The average molecular weight is 382 g/mol. The molecule has 2 aromatic rings. The Kier molecular flexibility index (Phi) is 7.46. The number of rotatable bonds is 8. The molecule has 2 aromatic carbocycles. The second-order valence-electron chi connectivity index (χ2n) is 7.45. The summed E-state index contributed by atoms with van der Waals surface area (Å²) >= 11 is 0. The van der Waals surface area contributed by atoms with E-state index in [1.807, 2.05) is 24.3 Å². The lowest BCUT2D eigenvalue weighted by atomic mass is 10.1. The number of piperazine rings is 1. The van der Waals surface area contributed by atoms with Gasteiger partial charge in [0, 0.05) is 39.3 Å². The van der Waals surface area contributed by atoms with Gasteiger partial charge in [0.2, 0.25) is 5.91 Å². The predicted octanol–water partition coefficient (Wildman–Crippen LogP) is 2.48. The summed E-state index contributed by atoms with van der Waals surface area (Å²) in [6.07, 6.45) is 0.778. The quantitative estimate of drug-likeness (QED) is 0.763. The second kappa shape index (κ2) is 10.2. The van der Waals surface area contributed by atoms with Crippen molar-refractivity contribution in [3.63, 3.8) is 0 Å². The highest BCUT2D eigenvalue weighted by Crippen LogP contribution is 2.17. The molecule has 0 atom stereocenters. The number of hydrogen-bond donors (Lipinski definition) is 1. The van der Waals surface area contributed by atoms with E-state index in [0.29, 0.717) is 13.1 Å². The first-order chi connectivity index (χ1) is 13.6. The normalized spacial score (nSPS) is 15.4. The van der Waals surface area contributed by atoms with E-state index < -0.39 is 0 Å². The molecule has 0 unspecified atom stereocenters. The van der Waals surface area contributed by atoms with E-state index in [4.69, 9.17) is 4.74 Å². The van der Waals surface area contributed by atoms with Gasteiger partial charge in [-0.1, -0.05) is 48.0 Å². The van der Waals surface area contributed by atoms with E-state index in [0.717, 1.165) is 50.5 Å². The molecule has 0 aromatic heterocycles. The smallest absolute Gasteiger partial charge is 0.234 e. The number of hydrogen-bond acceptors (Lipinski definition) is 4. The highest BCUT2D eigenvalue weighted by Gasteiger charge is 2.19. The molecule has 1 heterocycles. The molecule has 0 radical (unpaired) electrons. The molecule has 1 N–H and O–H groups in total. The Morgan fingerprint density at radius 1 is 1.04 bits per heavy atom. The monoisotopic (exact) mass is 381 g/mol. The van der Waals surface area contributed by atoms with Crippen LogP contribution in [0.2, 0.25) is 0 Å². The molecule has 1 aliphatic heterocycles. The van der Waals surface area contributed by atoms with Crippen LogP contribution in [0.4, 0.5) is 0 Å². The Balaban J connectivity index is 1.35. The van der Waals surface area contributed by atoms with Crippen molar-refractivity contribution < 1.29 is 9.53 Å². The fraction of sp³-hybridized carbons (Fsp3) is 0.435. The van der Waals surface area contributed by atoms with Gasteiger partial charge in [0.05, 0.1) is 13.7 Å². The van der Waals surface area contributed by atoms with Crippen molar-refractivity contribution in [2.24, 2.45) is 0 Å². The van der Waals surface area contributed by atoms with Gasteiger partial charge in [-0.3, -0.25) is 14.6 Å². The number of carbonyl (C=O) groups is 1. The molecule has 5 heteroatoms. The van der Waals surface area contributed by atoms with Gasteiger partial charge < -0.3 is 10.1 Å². The summed E-state index contributed by atoms with van der Waals surface area (Å²) in [5.74, 6) is 0.975. The predicted molar refractivity (Wildman–Crippen MR) is 113 cm³/mol. The molecule has 0 aliphatic carbocycles. The minimum atomic E-state index is 0.0991. The van der Waals surface area contributed by atoms with E-state index in [-0.39, 0.29) is 5.91 Å². The largest absolute Gasteiger partial charge is 0.496 e. The van der Waals surface area contributed by atoms with Crippen LogP contribution in [0.3, 0.4) is 0 Å². The van der Waals surface area contributed by atoms with Crippen LogP contribution in [0.15, 0.2) is 48.5 Å². The van der Waals surface area contributed by atoms with Crippen LogP contribution in [0.1, 0.15) is 16.7 Å². The van der Waals surface area contributed by atoms with Crippen LogP contribution in [-0.2, 0) is 17.8 Å². The number of methoxy groups -OCH3 is 1. The van der Waals surface area contributed by atoms with Crippen molar-refractivity contribution in [1.82, 2.24) is 15.1 Å². The first-order valence-electron chi connectivity index (χ1n) is 10.0. The number of carbonyl (C=O) groups excluding carboxylic acids is 1. The van der Waals surface area contributed by atoms with Crippen LogP contribution in [0.25, 0.3) is 0 Å². The summed E-state index contributed by atoms with van der Waals surface area (Å²) in [5, 5.41) is 3.04. The van der Waals surface area contributed by atoms with E-state index in [1.54, 1.807) is 7.11 Å². The number of para-hydroxylation sites is 1. The minimum absolute atomic E-state index is 0.0991. The topological polar surface area (TPSA) is 44.8 Å². The third-order valence-corrected chi connectivity index (χ3v) is 5.23. The molecular formula is C23H31N3O2. The molecule has 1 saturated heterocycles. The van der Waals surface area contributed by atoms with Gasteiger partial charge in [-0.05, 0) is 30.5 Å². The zero-order valence-corrected chi connectivity index (χ0v) is 17.0. The van der Waals surface area contributed by atoms with E-state index >= 15 is 0 Å². The number of benzene rings is 2. The van der Waals surface area contributed by atoms with E-state index in [2.05, 4.69) is 46.3 Å². The summed E-state index contributed by atoms with van der Waals surface area (Å²) in [6, 6.07) is 16.6. The molecule has 0 spiro atoms. The molecule has 3 rings (SSSR count). The van der Waals surface area contributed by atoms with Crippen LogP contribution < -0.4 is 10.1 Å². The third kappa shape index (κ3) is 6.08. The van der Waals surface area contributed by atoms with Gasteiger partial charge in [-0.25, -0.2) is 0 Å². The summed E-state index contributed by atoms with van der Waals surface area (Å²) in [4.78, 5) is 17.0. The number of amides is 1. The molecule has 1 aliphatic rings. The Labute approximate surface area is 168 Å². The van der Waals surface area contributed by atoms with Gasteiger partial charge in [0.1, 0.15) is 5.75 Å². The Bertz CT molecular complexity index is 770. The van der Waals surface area contributed by atoms with E-state index in [1.165, 1.54) is 11.1 Å². The number of aryl methyl sites for hydroxylation is 1. The Morgan fingerprint density at radius 3 is 2.54 bits per heavy atom. The van der Waals surface area contributed by atoms with Gasteiger partial charge in [0.25, 0.3) is 0 Å². The molecule has 28 heavy (non-hydrogen) atoms. The number of nitrogens with one attached hydrogen (secondary N) is 1. The highest BCUT2D eigenvalue weighted by molar-refractivity contribution is 5.78. The first kappa shape index (κ1) is 20.4. The molecule has 0 bridgehead atoms. The van der Waals surface area contributed by atoms with Gasteiger partial charge in [-0.2, -0.15) is 0 Å². The molecule has 150 valence electrons. The average Bonchev–Trinajstić information content (AvgIpc) is 2.70. The maximum Gasteiger partial charge on any atom is 0.234 e. The molecule has 1 fully saturated rings. The van der Waals surface area contributed by atoms with Gasteiger partial charge in [-0.15, -0.1) is 0 Å². The van der Waals surface area contributed by atoms with E-state index in [9.17, 15) is 4.79 Å². The molecule has 0 saturated carbocycles. The van der Waals surface area contributed by atoms with Crippen molar-refractivity contribution in [2.45, 2.75) is 19.9 Å². The van der Waals surface area contributed by atoms with Crippen LogP contribution >= 0.6 is 0 Å². The van der Waals surface area contributed by atoms with Crippen LogP contribution in [0, 0.1) is 6.92 Å². The van der Waals surface area contributed by atoms with Crippen LogP contribution in [-0.4, -0.2) is 62.1 Å². The summed E-state index contributed by atoms with van der Waals surface area (Å²) in [5.41, 5.74) is 3.79. The molecule has 1 amide bonds. The van der Waals surface area contributed by atoms with Crippen molar-refractivity contribution in [3.8, 4) is 5.75 Å². The Morgan fingerprint density at radius 2 is 1.79 bits per heavy atom. The fourth-order valence-corrected chi connectivity index (χ4v) is 3.68. The maximum absolute atomic E-state index is 12.3. The molecular weight excluding hydrogens is 350 g/mol. The van der Waals surface area contributed by atoms with Crippen molar-refractivity contribution in [1.29, 1.82) is 0 Å².